The highest BCUT2D eigenvalue weighted by Crippen LogP contribution is 2.26. The second kappa shape index (κ2) is 9.86. The molecule has 3 N–H and O–H groups in total. The van der Waals surface area contributed by atoms with E-state index < -0.39 is 0 Å². The van der Waals surface area contributed by atoms with E-state index >= 15 is 0 Å². The summed E-state index contributed by atoms with van der Waals surface area (Å²) in [6, 6.07) is 17.0. The maximum atomic E-state index is 12.1. The topological polar surface area (TPSA) is 96.0 Å². The lowest BCUT2D eigenvalue weighted by atomic mass is 10.2. The van der Waals surface area contributed by atoms with Crippen LogP contribution in [-0.4, -0.2) is 27.8 Å². The Morgan fingerprint density at radius 3 is 2.32 bits per heavy atom. The van der Waals surface area contributed by atoms with E-state index in [2.05, 4.69) is 26.1 Å². The van der Waals surface area contributed by atoms with Gasteiger partial charge in [-0.15, -0.1) is 10.2 Å². The van der Waals surface area contributed by atoms with Crippen LogP contribution in [-0.2, 0) is 16.1 Å². The van der Waals surface area contributed by atoms with E-state index in [1.165, 1.54) is 30.0 Å². The molecule has 0 saturated carbocycles. The summed E-state index contributed by atoms with van der Waals surface area (Å²) in [4.78, 5) is 23.1. The van der Waals surface area contributed by atoms with Crippen molar-refractivity contribution in [2.75, 3.05) is 21.7 Å². The smallest absolute Gasteiger partial charge is 0.234 e. The van der Waals surface area contributed by atoms with Crippen LogP contribution in [0.1, 0.15) is 12.5 Å². The number of benzene rings is 2. The van der Waals surface area contributed by atoms with E-state index in [9.17, 15) is 9.59 Å². The van der Waals surface area contributed by atoms with E-state index in [0.717, 1.165) is 15.0 Å². The first-order valence-electron chi connectivity index (χ1n) is 8.50. The number of rotatable bonds is 8. The fourth-order valence-corrected chi connectivity index (χ4v) is 3.83. The van der Waals surface area contributed by atoms with Crippen LogP contribution in [0.3, 0.4) is 0 Å². The molecule has 0 fully saturated rings. The highest BCUT2D eigenvalue weighted by molar-refractivity contribution is 8.01. The van der Waals surface area contributed by atoms with Crippen LogP contribution in [0.2, 0.25) is 0 Å². The number of anilines is 3. The average molecular weight is 414 g/mol. The Morgan fingerprint density at radius 1 is 0.964 bits per heavy atom. The molecule has 0 aliphatic rings. The molecule has 1 heterocycles. The summed E-state index contributed by atoms with van der Waals surface area (Å²) in [6.07, 6.45) is 0. The zero-order valence-electron chi connectivity index (χ0n) is 15.1. The lowest BCUT2D eigenvalue weighted by molar-refractivity contribution is -0.114. The van der Waals surface area contributed by atoms with Crippen molar-refractivity contribution >= 4 is 51.4 Å². The quantitative estimate of drug-likeness (QED) is 0.486. The summed E-state index contributed by atoms with van der Waals surface area (Å²) < 4.78 is 0.728. The molecule has 1 aromatic heterocycles. The number of aromatic nitrogens is 2. The molecule has 3 rings (SSSR count). The lowest BCUT2D eigenvalue weighted by Gasteiger charge is -2.06. The fraction of sp³-hybridized carbons (Fsp3) is 0.158. The van der Waals surface area contributed by atoms with Gasteiger partial charge in [0, 0.05) is 24.8 Å². The van der Waals surface area contributed by atoms with Gasteiger partial charge in [-0.25, -0.2) is 0 Å². The lowest BCUT2D eigenvalue weighted by Crippen LogP contribution is -2.14. The Balaban J connectivity index is 1.43. The Kier molecular flexibility index (Phi) is 6.99. The number of nitrogens with zero attached hydrogens (tertiary/aromatic N) is 2. The van der Waals surface area contributed by atoms with Crippen molar-refractivity contribution in [3.05, 3.63) is 60.2 Å². The van der Waals surface area contributed by atoms with Crippen molar-refractivity contribution in [2.45, 2.75) is 17.8 Å². The summed E-state index contributed by atoms with van der Waals surface area (Å²) in [5.74, 6) is -0.0324. The molecular formula is C19H19N5O2S2. The van der Waals surface area contributed by atoms with Crippen LogP contribution in [0.4, 0.5) is 16.5 Å². The molecule has 3 aromatic rings. The van der Waals surface area contributed by atoms with E-state index in [4.69, 9.17) is 0 Å². The largest absolute Gasteiger partial charge is 0.356 e. The third kappa shape index (κ3) is 6.36. The standard InChI is InChI=1S/C19H19N5O2S2/c1-13(25)21-15-7-9-16(10-8-15)22-17(26)12-27-19-24-23-18(28-19)20-11-14-5-3-2-4-6-14/h2-10H,11-12H2,1H3,(H,20,23)(H,21,25)(H,22,26). The third-order valence-electron chi connectivity index (χ3n) is 3.51. The zero-order chi connectivity index (χ0) is 19.8. The SMILES string of the molecule is CC(=O)Nc1ccc(NC(=O)CSc2nnc(NCc3ccccc3)s2)cc1. The number of carbonyl (C=O) groups is 2. The number of amides is 2. The highest BCUT2D eigenvalue weighted by Gasteiger charge is 2.09. The van der Waals surface area contributed by atoms with Gasteiger partial charge in [0.1, 0.15) is 0 Å². The molecular weight excluding hydrogens is 394 g/mol. The molecule has 0 atom stereocenters. The fourth-order valence-electron chi connectivity index (χ4n) is 2.28. The number of hydrogen-bond donors (Lipinski definition) is 3. The van der Waals surface area contributed by atoms with Crippen LogP contribution in [0.5, 0.6) is 0 Å². The van der Waals surface area contributed by atoms with Crippen LogP contribution < -0.4 is 16.0 Å². The number of hydrogen-bond acceptors (Lipinski definition) is 7. The van der Waals surface area contributed by atoms with Gasteiger partial charge in [-0.1, -0.05) is 53.4 Å². The van der Waals surface area contributed by atoms with Gasteiger partial charge in [0.15, 0.2) is 4.34 Å². The van der Waals surface area contributed by atoms with Gasteiger partial charge in [-0.2, -0.15) is 0 Å². The monoisotopic (exact) mass is 413 g/mol. The highest BCUT2D eigenvalue weighted by atomic mass is 32.2. The molecule has 0 aliphatic heterocycles. The van der Waals surface area contributed by atoms with Gasteiger partial charge in [0.05, 0.1) is 5.75 Å². The van der Waals surface area contributed by atoms with E-state index in [1.807, 2.05) is 30.3 Å². The first kappa shape index (κ1) is 19.8. The van der Waals surface area contributed by atoms with Crippen molar-refractivity contribution in [2.24, 2.45) is 0 Å². The summed E-state index contributed by atoms with van der Waals surface area (Å²) in [6.45, 7) is 2.12. The Labute approximate surface area is 171 Å². The van der Waals surface area contributed by atoms with Gasteiger partial charge in [0.25, 0.3) is 0 Å². The minimum absolute atomic E-state index is 0.133. The van der Waals surface area contributed by atoms with E-state index in [0.29, 0.717) is 17.9 Å². The predicted octanol–water partition coefficient (Wildman–Crippen LogP) is 3.84. The van der Waals surface area contributed by atoms with Crippen molar-refractivity contribution < 1.29 is 9.59 Å². The molecule has 0 radical (unpaired) electrons. The molecule has 9 heteroatoms. The van der Waals surface area contributed by atoms with Crippen molar-refractivity contribution in [1.82, 2.24) is 10.2 Å². The van der Waals surface area contributed by atoms with Gasteiger partial charge in [-0.3, -0.25) is 9.59 Å². The van der Waals surface area contributed by atoms with Crippen molar-refractivity contribution in [3.8, 4) is 0 Å². The number of carbonyl (C=O) groups excluding carboxylic acids is 2. The molecule has 0 saturated heterocycles. The summed E-state index contributed by atoms with van der Waals surface area (Å²) in [7, 11) is 0. The Morgan fingerprint density at radius 2 is 1.64 bits per heavy atom. The third-order valence-corrected chi connectivity index (χ3v) is 5.52. The summed E-state index contributed by atoms with van der Waals surface area (Å²) in [5, 5.41) is 17.6. The molecule has 28 heavy (non-hydrogen) atoms. The molecule has 0 spiro atoms. The van der Waals surface area contributed by atoms with Crippen LogP contribution in [0, 0.1) is 0 Å². The minimum atomic E-state index is -0.136. The van der Waals surface area contributed by atoms with Gasteiger partial charge in [0.2, 0.25) is 16.9 Å². The summed E-state index contributed by atoms with van der Waals surface area (Å²) in [5.41, 5.74) is 2.52. The first-order chi connectivity index (χ1) is 13.6. The second-order valence-corrected chi connectivity index (χ2v) is 8.01. The zero-order valence-corrected chi connectivity index (χ0v) is 16.8. The van der Waals surface area contributed by atoms with Gasteiger partial charge in [-0.05, 0) is 29.8 Å². The Hall–Kier alpha value is -2.91. The van der Waals surface area contributed by atoms with E-state index in [-0.39, 0.29) is 17.6 Å². The maximum absolute atomic E-state index is 12.1. The van der Waals surface area contributed by atoms with Crippen LogP contribution >= 0.6 is 23.1 Å². The minimum Gasteiger partial charge on any atom is -0.356 e. The van der Waals surface area contributed by atoms with Crippen molar-refractivity contribution in [3.63, 3.8) is 0 Å². The second-order valence-electron chi connectivity index (χ2n) is 5.81. The molecule has 0 bridgehead atoms. The molecule has 2 amide bonds. The molecule has 144 valence electrons. The van der Waals surface area contributed by atoms with Crippen LogP contribution in [0.15, 0.2) is 58.9 Å². The molecule has 7 nitrogen and oxygen atoms in total. The van der Waals surface area contributed by atoms with Crippen molar-refractivity contribution in [1.29, 1.82) is 0 Å². The van der Waals surface area contributed by atoms with Crippen LogP contribution in [0.25, 0.3) is 0 Å². The number of nitrogens with one attached hydrogen (secondary N) is 3. The molecule has 0 unspecified atom stereocenters. The maximum Gasteiger partial charge on any atom is 0.234 e. The molecule has 2 aromatic carbocycles. The Bertz CT molecular complexity index is 929. The van der Waals surface area contributed by atoms with E-state index in [1.54, 1.807) is 24.3 Å². The number of thioether (sulfide) groups is 1. The normalized spacial score (nSPS) is 10.3. The summed E-state index contributed by atoms with van der Waals surface area (Å²) >= 11 is 2.76. The van der Waals surface area contributed by atoms with Gasteiger partial charge < -0.3 is 16.0 Å². The van der Waals surface area contributed by atoms with Gasteiger partial charge >= 0.3 is 0 Å². The average Bonchev–Trinajstić information content (AvgIpc) is 3.15. The predicted molar refractivity (Wildman–Crippen MR) is 114 cm³/mol. The first-order valence-corrected chi connectivity index (χ1v) is 10.3. The molecule has 0 aliphatic carbocycles.